The number of carbonyl (C=O) groups is 2. The van der Waals surface area contributed by atoms with E-state index in [4.69, 9.17) is 0 Å². The van der Waals surface area contributed by atoms with E-state index in [1.165, 1.54) is 11.1 Å². The Morgan fingerprint density at radius 2 is 2.00 bits per heavy atom. The van der Waals surface area contributed by atoms with Gasteiger partial charge in [0.1, 0.15) is 5.60 Å². The fourth-order valence-electron chi connectivity index (χ4n) is 3.05. The van der Waals surface area contributed by atoms with E-state index < -0.39 is 17.3 Å². The lowest BCUT2D eigenvalue weighted by Gasteiger charge is -2.25. The smallest absolute Gasteiger partial charge is 0.295 e. The van der Waals surface area contributed by atoms with E-state index in [2.05, 4.69) is 4.98 Å². The second-order valence-electron chi connectivity index (χ2n) is 5.89. The highest BCUT2D eigenvalue weighted by Crippen LogP contribution is 2.33. The van der Waals surface area contributed by atoms with Crippen LogP contribution in [0.5, 0.6) is 0 Å². The van der Waals surface area contributed by atoms with Crippen molar-refractivity contribution in [2.75, 3.05) is 13.1 Å². The molecule has 0 aliphatic carbocycles. The van der Waals surface area contributed by atoms with Gasteiger partial charge in [-0.05, 0) is 36.6 Å². The van der Waals surface area contributed by atoms with E-state index in [-0.39, 0.29) is 12.1 Å². The maximum Gasteiger partial charge on any atom is 0.295 e. The molecular formula is C18H18N2O3. The van der Waals surface area contributed by atoms with Crippen LogP contribution < -0.4 is 0 Å². The first kappa shape index (κ1) is 15.4. The van der Waals surface area contributed by atoms with Gasteiger partial charge in [0.2, 0.25) is 0 Å². The molecule has 1 atom stereocenters. The summed E-state index contributed by atoms with van der Waals surface area (Å²) in [5, 5.41) is 10.9. The van der Waals surface area contributed by atoms with Crippen molar-refractivity contribution in [3.05, 3.63) is 65.5 Å². The average Bonchev–Trinajstić information content (AvgIpc) is 2.98. The van der Waals surface area contributed by atoms with Crippen molar-refractivity contribution in [3.8, 4) is 0 Å². The molecular weight excluding hydrogens is 292 g/mol. The summed E-state index contributed by atoms with van der Waals surface area (Å²) in [5.41, 5.74) is 0.951. The van der Waals surface area contributed by atoms with Crippen molar-refractivity contribution in [2.24, 2.45) is 0 Å². The summed E-state index contributed by atoms with van der Waals surface area (Å²) in [6.07, 6.45) is 3.35. The summed E-state index contributed by atoms with van der Waals surface area (Å²) < 4.78 is 0. The van der Waals surface area contributed by atoms with E-state index in [1.54, 1.807) is 18.3 Å². The highest BCUT2D eigenvalue weighted by atomic mass is 16.3. The van der Waals surface area contributed by atoms with Gasteiger partial charge in [-0.3, -0.25) is 14.6 Å². The van der Waals surface area contributed by atoms with Crippen LogP contribution >= 0.6 is 0 Å². The number of rotatable bonds is 3. The number of aryl methyl sites for hydroxylation is 1. The molecule has 2 heterocycles. The zero-order valence-electron chi connectivity index (χ0n) is 12.9. The number of pyridine rings is 1. The van der Waals surface area contributed by atoms with Crippen molar-refractivity contribution in [3.63, 3.8) is 0 Å². The SMILES string of the molecule is Cc1ccccc1[C@@]1(O)CCN(C(=O)C(=O)c2cccnc2)C1. The molecule has 0 spiro atoms. The minimum atomic E-state index is -1.10. The Labute approximate surface area is 134 Å². The van der Waals surface area contributed by atoms with Crippen LogP contribution in [-0.2, 0) is 10.4 Å². The summed E-state index contributed by atoms with van der Waals surface area (Å²) in [7, 11) is 0. The number of nitrogens with zero attached hydrogens (tertiary/aromatic N) is 2. The van der Waals surface area contributed by atoms with E-state index in [0.29, 0.717) is 13.0 Å². The Kier molecular flexibility index (Phi) is 3.96. The molecule has 1 aromatic heterocycles. The quantitative estimate of drug-likeness (QED) is 0.692. The first-order valence-corrected chi connectivity index (χ1v) is 7.53. The Bertz CT molecular complexity index is 745. The van der Waals surface area contributed by atoms with E-state index in [9.17, 15) is 14.7 Å². The highest BCUT2D eigenvalue weighted by molar-refractivity contribution is 6.42. The van der Waals surface area contributed by atoms with Gasteiger partial charge in [-0.15, -0.1) is 0 Å². The molecule has 1 amide bonds. The van der Waals surface area contributed by atoms with Gasteiger partial charge in [0.25, 0.3) is 11.7 Å². The number of carbonyl (C=O) groups excluding carboxylic acids is 2. The maximum absolute atomic E-state index is 12.4. The summed E-state index contributed by atoms with van der Waals surface area (Å²) in [4.78, 5) is 29.9. The zero-order chi connectivity index (χ0) is 16.4. The van der Waals surface area contributed by atoms with Gasteiger partial charge in [0.15, 0.2) is 0 Å². The molecule has 5 heteroatoms. The van der Waals surface area contributed by atoms with Crippen LogP contribution in [0.4, 0.5) is 0 Å². The Morgan fingerprint density at radius 3 is 2.70 bits per heavy atom. The molecule has 1 N–H and O–H groups in total. The zero-order valence-corrected chi connectivity index (χ0v) is 12.9. The molecule has 0 radical (unpaired) electrons. The van der Waals surface area contributed by atoms with Gasteiger partial charge in [0.05, 0.1) is 6.54 Å². The van der Waals surface area contributed by atoms with Crippen LogP contribution in [0, 0.1) is 6.92 Å². The number of hydrogen-bond donors (Lipinski definition) is 1. The highest BCUT2D eigenvalue weighted by Gasteiger charge is 2.41. The lowest BCUT2D eigenvalue weighted by atomic mass is 9.89. The number of hydrogen-bond acceptors (Lipinski definition) is 4. The van der Waals surface area contributed by atoms with Gasteiger partial charge >= 0.3 is 0 Å². The molecule has 0 saturated carbocycles. The molecule has 5 nitrogen and oxygen atoms in total. The Hall–Kier alpha value is -2.53. The second kappa shape index (κ2) is 5.93. The number of aliphatic hydroxyl groups is 1. The van der Waals surface area contributed by atoms with Crippen molar-refractivity contribution in [1.29, 1.82) is 0 Å². The average molecular weight is 310 g/mol. The largest absolute Gasteiger partial charge is 0.383 e. The standard InChI is InChI=1S/C18H18N2O3/c1-13-5-2-3-7-15(13)18(23)8-10-20(12-18)17(22)16(21)14-6-4-9-19-11-14/h2-7,9,11,23H,8,10,12H2,1H3/t18-/m1/s1. The molecule has 1 aliphatic rings. The molecule has 23 heavy (non-hydrogen) atoms. The first-order valence-electron chi connectivity index (χ1n) is 7.53. The monoisotopic (exact) mass is 310 g/mol. The minimum Gasteiger partial charge on any atom is -0.383 e. The van der Waals surface area contributed by atoms with Crippen molar-refractivity contribution in [2.45, 2.75) is 18.9 Å². The van der Waals surface area contributed by atoms with Gasteiger partial charge in [0, 0.05) is 24.5 Å². The summed E-state index contributed by atoms with van der Waals surface area (Å²) >= 11 is 0. The summed E-state index contributed by atoms with van der Waals surface area (Å²) in [5.74, 6) is -1.19. The van der Waals surface area contributed by atoms with Gasteiger partial charge in [-0.25, -0.2) is 0 Å². The second-order valence-corrected chi connectivity index (χ2v) is 5.89. The number of likely N-dealkylation sites (tertiary alicyclic amines) is 1. The molecule has 1 fully saturated rings. The van der Waals surface area contributed by atoms with Crippen LogP contribution in [0.3, 0.4) is 0 Å². The van der Waals surface area contributed by atoms with Crippen LogP contribution in [0.15, 0.2) is 48.8 Å². The summed E-state index contributed by atoms with van der Waals surface area (Å²) in [6, 6.07) is 10.8. The Balaban J connectivity index is 1.78. The molecule has 0 bridgehead atoms. The van der Waals surface area contributed by atoms with Crippen molar-refractivity contribution < 1.29 is 14.7 Å². The summed E-state index contributed by atoms with van der Waals surface area (Å²) in [6.45, 7) is 2.41. The normalized spacial score (nSPS) is 20.5. The third-order valence-electron chi connectivity index (χ3n) is 4.30. The molecule has 0 unspecified atom stereocenters. The number of benzene rings is 1. The third kappa shape index (κ3) is 2.87. The molecule has 1 aliphatic heterocycles. The number of aromatic nitrogens is 1. The van der Waals surface area contributed by atoms with E-state index in [1.807, 2.05) is 31.2 Å². The van der Waals surface area contributed by atoms with E-state index >= 15 is 0 Å². The number of β-amino-alcohol motifs (C(OH)–C–C–N with tert-alkyl or cyclic N) is 1. The minimum absolute atomic E-state index is 0.128. The first-order chi connectivity index (χ1) is 11.0. The van der Waals surface area contributed by atoms with Crippen LogP contribution in [0.1, 0.15) is 27.9 Å². The van der Waals surface area contributed by atoms with Gasteiger partial charge < -0.3 is 10.0 Å². The molecule has 2 aromatic rings. The number of Topliss-reactive ketones (excluding diaryl/α,β-unsaturated/α-hetero) is 1. The van der Waals surface area contributed by atoms with Crippen molar-refractivity contribution >= 4 is 11.7 Å². The lowest BCUT2D eigenvalue weighted by molar-refractivity contribution is -0.126. The number of amides is 1. The third-order valence-corrected chi connectivity index (χ3v) is 4.30. The Morgan fingerprint density at radius 1 is 1.22 bits per heavy atom. The van der Waals surface area contributed by atoms with Gasteiger partial charge in [-0.2, -0.15) is 0 Å². The molecule has 3 rings (SSSR count). The van der Waals surface area contributed by atoms with Crippen molar-refractivity contribution in [1.82, 2.24) is 9.88 Å². The maximum atomic E-state index is 12.4. The van der Waals surface area contributed by atoms with Crippen LogP contribution in [-0.4, -0.2) is 39.8 Å². The predicted octanol–water partition coefficient (Wildman–Crippen LogP) is 1.69. The predicted molar refractivity (Wildman–Crippen MR) is 84.8 cm³/mol. The fraction of sp³-hybridized carbons (Fsp3) is 0.278. The van der Waals surface area contributed by atoms with Crippen LogP contribution in [0.25, 0.3) is 0 Å². The van der Waals surface area contributed by atoms with E-state index in [0.717, 1.165) is 11.1 Å². The topological polar surface area (TPSA) is 70.5 Å². The van der Waals surface area contributed by atoms with Crippen LogP contribution in [0.2, 0.25) is 0 Å². The molecule has 1 aromatic carbocycles. The van der Waals surface area contributed by atoms with Gasteiger partial charge in [-0.1, -0.05) is 24.3 Å². The lowest BCUT2D eigenvalue weighted by Crippen LogP contribution is -2.38. The molecule has 1 saturated heterocycles. The fourth-order valence-corrected chi connectivity index (χ4v) is 3.05. The molecule has 118 valence electrons. The number of ketones is 1.